The van der Waals surface area contributed by atoms with E-state index >= 15 is 0 Å². The Morgan fingerprint density at radius 3 is 2.35 bits per heavy atom. The SMILES string of the molecule is Cc1ncc(-c2cccc3ccccc23)c(N2CCC(C)(C)CC2)c1[C@H](OC(C)(C)C)C(=O)O. The number of carbonyl (C=O) groups is 1. The van der Waals surface area contributed by atoms with Crippen LogP contribution in [0.1, 0.15) is 64.8 Å². The third-order valence-corrected chi connectivity index (χ3v) is 6.76. The van der Waals surface area contributed by atoms with Gasteiger partial charge in [-0.15, -0.1) is 0 Å². The number of carboxylic acid groups (broad SMARTS) is 1. The Morgan fingerprint density at radius 1 is 1.06 bits per heavy atom. The molecule has 1 saturated heterocycles. The van der Waals surface area contributed by atoms with Crippen LogP contribution in [0.5, 0.6) is 0 Å². The second kappa shape index (κ2) is 9.03. The number of ether oxygens (including phenoxy) is 1. The summed E-state index contributed by atoms with van der Waals surface area (Å²) >= 11 is 0. The molecule has 5 heteroatoms. The summed E-state index contributed by atoms with van der Waals surface area (Å²) in [7, 11) is 0. The first-order valence-corrected chi connectivity index (χ1v) is 12.1. The molecule has 1 atom stereocenters. The number of piperidine rings is 1. The van der Waals surface area contributed by atoms with Crippen LogP contribution in [-0.2, 0) is 9.53 Å². The van der Waals surface area contributed by atoms with E-state index in [-0.39, 0.29) is 5.41 Å². The molecule has 34 heavy (non-hydrogen) atoms. The predicted octanol–water partition coefficient (Wildman–Crippen LogP) is 6.78. The fraction of sp³-hybridized carbons (Fsp3) is 0.448. The molecule has 0 unspecified atom stereocenters. The Morgan fingerprint density at radius 2 is 1.71 bits per heavy atom. The lowest BCUT2D eigenvalue weighted by Gasteiger charge is -2.41. The molecule has 0 bridgehead atoms. The number of carboxylic acids is 1. The predicted molar refractivity (Wildman–Crippen MR) is 138 cm³/mol. The molecule has 1 aliphatic heterocycles. The summed E-state index contributed by atoms with van der Waals surface area (Å²) in [6.45, 7) is 13.9. The summed E-state index contributed by atoms with van der Waals surface area (Å²) < 4.78 is 6.15. The summed E-state index contributed by atoms with van der Waals surface area (Å²) in [6.07, 6.45) is 2.89. The number of fused-ring (bicyclic) bond motifs is 1. The zero-order valence-electron chi connectivity index (χ0n) is 21.2. The van der Waals surface area contributed by atoms with Gasteiger partial charge < -0.3 is 14.7 Å². The minimum absolute atomic E-state index is 0.270. The number of aliphatic carboxylic acids is 1. The Hall–Kier alpha value is -2.92. The van der Waals surface area contributed by atoms with Crippen LogP contribution in [0.4, 0.5) is 5.69 Å². The van der Waals surface area contributed by atoms with E-state index in [2.05, 4.69) is 49.1 Å². The first-order chi connectivity index (χ1) is 16.0. The maximum atomic E-state index is 12.6. The molecule has 0 saturated carbocycles. The van der Waals surface area contributed by atoms with Crippen molar-refractivity contribution in [2.24, 2.45) is 5.41 Å². The van der Waals surface area contributed by atoms with Crippen LogP contribution in [0, 0.1) is 12.3 Å². The monoisotopic (exact) mass is 460 g/mol. The summed E-state index contributed by atoms with van der Waals surface area (Å²) in [5.41, 5.74) is 3.97. The summed E-state index contributed by atoms with van der Waals surface area (Å²) in [5.74, 6) is -0.992. The highest BCUT2D eigenvalue weighted by atomic mass is 16.5. The minimum atomic E-state index is -1.10. The summed E-state index contributed by atoms with van der Waals surface area (Å²) in [5, 5.41) is 12.6. The molecule has 180 valence electrons. The van der Waals surface area contributed by atoms with Gasteiger partial charge in [0.2, 0.25) is 0 Å². The van der Waals surface area contributed by atoms with Crippen molar-refractivity contribution in [3.8, 4) is 11.1 Å². The number of hydrogen-bond donors (Lipinski definition) is 1. The first-order valence-electron chi connectivity index (χ1n) is 12.1. The van der Waals surface area contributed by atoms with Crippen molar-refractivity contribution in [1.82, 2.24) is 4.98 Å². The van der Waals surface area contributed by atoms with Crippen LogP contribution in [0.25, 0.3) is 21.9 Å². The van der Waals surface area contributed by atoms with Gasteiger partial charge >= 0.3 is 5.97 Å². The minimum Gasteiger partial charge on any atom is -0.479 e. The molecule has 0 radical (unpaired) electrons. The third kappa shape index (κ3) is 4.95. The van der Waals surface area contributed by atoms with E-state index in [0.717, 1.165) is 53.5 Å². The fourth-order valence-electron chi connectivity index (χ4n) is 4.84. The highest BCUT2D eigenvalue weighted by Crippen LogP contribution is 2.44. The Balaban J connectivity index is 1.99. The van der Waals surface area contributed by atoms with Gasteiger partial charge in [-0.3, -0.25) is 4.98 Å². The molecule has 0 amide bonds. The van der Waals surface area contributed by atoms with Crippen LogP contribution < -0.4 is 4.90 Å². The average molecular weight is 461 g/mol. The van der Waals surface area contributed by atoms with Crippen LogP contribution in [0.15, 0.2) is 48.7 Å². The van der Waals surface area contributed by atoms with Gasteiger partial charge in [0, 0.05) is 36.1 Å². The van der Waals surface area contributed by atoms with E-state index < -0.39 is 17.7 Å². The van der Waals surface area contributed by atoms with E-state index in [1.54, 1.807) is 0 Å². The second-order valence-electron chi connectivity index (χ2n) is 11.1. The first kappa shape index (κ1) is 24.2. The fourth-order valence-corrected chi connectivity index (χ4v) is 4.84. The van der Waals surface area contributed by atoms with E-state index in [0.29, 0.717) is 11.3 Å². The standard InChI is InChI=1S/C29H36N2O3/c1-19-24(26(27(32)33)34-28(2,3)4)25(31-16-14-29(5,6)15-17-31)23(18-30-19)22-13-9-11-20-10-7-8-12-21(20)22/h7-13,18,26H,14-17H2,1-6H3,(H,32,33)/t26-/m0/s1. The number of aryl methyl sites for hydroxylation is 1. The van der Waals surface area contributed by atoms with Gasteiger partial charge in [0.25, 0.3) is 0 Å². The molecule has 4 rings (SSSR count). The summed E-state index contributed by atoms with van der Waals surface area (Å²) in [6, 6.07) is 14.6. The highest BCUT2D eigenvalue weighted by molar-refractivity contribution is 6.00. The lowest BCUT2D eigenvalue weighted by molar-refractivity contribution is -0.160. The normalized spacial score (nSPS) is 17.1. The van der Waals surface area contributed by atoms with Gasteiger partial charge in [-0.05, 0) is 62.3 Å². The molecule has 2 heterocycles. The number of rotatable bonds is 5. The molecule has 0 aliphatic carbocycles. The molecular formula is C29H36N2O3. The number of benzene rings is 2. The van der Waals surface area contributed by atoms with E-state index in [1.807, 2.05) is 46.0 Å². The lowest BCUT2D eigenvalue weighted by Crippen LogP contribution is -2.39. The van der Waals surface area contributed by atoms with Gasteiger partial charge in [-0.25, -0.2) is 4.79 Å². The van der Waals surface area contributed by atoms with Crippen molar-refractivity contribution >= 4 is 22.4 Å². The zero-order chi connectivity index (χ0) is 24.7. The Bertz CT molecular complexity index is 1190. The summed E-state index contributed by atoms with van der Waals surface area (Å²) in [4.78, 5) is 19.6. The van der Waals surface area contributed by atoms with Crippen LogP contribution in [0.3, 0.4) is 0 Å². The molecule has 2 aromatic carbocycles. The molecule has 3 aromatic rings. The number of pyridine rings is 1. The Kier molecular flexibility index (Phi) is 6.43. The maximum absolute atomic E-state index is 12.6. The molecular weight excluding hydrogens is 424 g/mol. The van der Waals surface area contributed by atoms with Crippen LogP contribution >= 0.6 is 0 Å². The molecule has 1 aromatic heterocycles. The quantitative estimate of drug-likeness (QED) is 0.455. The highest BCUT2D eigenvalue weighted by Gasteiger charge is 2.35. The molecule has 1 N–H and O–H groups in total. The van der Waals surface area contributed by atoms with Crippen molar-refractivity contribution in [3.63, 3.8) is 0 Å². The van der Waals surface area contributed by atoms with Crippen LogP contribution in [-0.4, -0.2) is 34.8 Å². The van der Waals surface area contributed by atoms with Crippen molar-refractivity contribution in [2.75, 3.05) is 18.0 Å². The van der Waals surface area contributed by atoms with Crippen molar-refractivity contribution in [3.05, 3.63) is 59.9 Å². The average Bonchev–Trinajstić information content (AvgIpc) is 2.77. The van der Waals surface area contributed by atoms with Gasteiger partial charge in [-0.1, -0.05) is 56.3 Å². The number of nitrogens with zero attached hydrogens (tertiary/aromatic N) is 2. The number of hydrogen-bond acceptors (Lipinski definition) is 4. The third-order valence-electron chi connectivity index (χ3n) is 6.76. The van der Waals surface area contributed by atoms with Crippen LogP contribution in [0.2, 0.25) is 0 Å². The van der Waals surface area contributed by atoms with Crippen molar-refractivity contribution < 1.29 is 14.6 Å². The van der Waals surface area contributed by atoms with E-state index in [4.69, 9.17) is 9.72 Å². The van der Waals surface area contributed by atoms with Gasteiger partial charge in [-0.2, -0.15) is 0 Å². The second-order valence-corrected chi connectivity index (χ2v) is 11.1. The molecule has 1 aliphatic rings. The van der Waals surface area contributed by atoms with E-state index in [1.165, 1.54) is 0 Å². The molecule has 1 fully saturated rings. The molecule has 5 nitrogen and oxygen atoms in total. The van der Waals surface area contributed by atoms with Crippen molar-refractivity contribution in [1.29, 1.82) is 0 Å². The van der Waals surface area contributed by atoms with Crippen molar-refractivity contribution in [2.45, 2.75) is 66.1 Å². The number of aromatic nitrogens is 1. The topological polar surface area (TPSA) is 62.7 Å². The zero-order valence-corrected chi connectivity index (χ0v) is 21.2. The van der Waals surface area contributed by atoms with Gasteiger partial charge in [0.1, 0.15) is 0 Å². The van der Waals surface area contributed by atoms with Gasteiger partial charge in [0.15, 0.2) is 6.10 Å². The number of anilines is 1. The van der Waals surface area contributed by atoms with Gasteiger partial charge in [0.05, 0.1) is 11.3 Å². The van der Waals surface area contributed by atoms with E-state index in [9.17, 15) is 9.90 Å². The largest absolute Gasteiger partial charge is 0.479 e. The smallest absolute Gasteiger partial charge is 0.337 e. The lowest BCUT2D eigenvalue weighted by atomic mass is 9.82. The maximum Gasteiger partial charge on any atom is 0.337 e. The Labute approximate surface area is 202 Å². The molecule has 0 spiro atoms.